The summed E-state index contributed by atoms with van der Waals surface area (Å²) in [4.78, 5) is 21.5. The molecular weight excluding hydrogens is 423 g/mol. The van der Waals surface area contributed by atoms with Crippen molar-refractivity contribution in [2.45, 2.75) is 93.9 Å². The number of aliphatic carboxylic acids is 2. The molecular formula is C20H38O4Sn. The van der Waals surface area contributed by atoms with Gasteiger partial charge in [0.25, 0.3) is 0 Å². The summed E-state index contributed by atoms with van der Waals surface area (Å²) >= 11 is 0. The van der Waals surface area contributed by atoms with Gasteiger partial charge in [-0.2, -0.15) is 0 Å². The van der Waals surface area contributed by atoms with Crippen LogP contribution in [0, 0.1) is 22.7 Å². The van der Waals surface area contributed by atoms with Gasteiger partial charge in [0.05, 0.1) is 0 Å². The second-order valence-electron chi connectivity index (χ2n) is 8.27. The molecule has 0 fully saturated rings. The van der Waals surface area contributed by atoms with Crippen molar-refractivity contribution in [3.05, 3.63) is 0 Å². The smallest absolute Gasteiger partial charge is 0.550 e. The molecule has 0 amide bonds. The van der Waals surface area contributed by atoms with Crippen molar-refractivity contribution in [2.24, 2.45) is 22.7 Å². The first kappa shape index (κ1) is 29.5. The first-order valence-electron chi connectivity index (χ1n) is 9.27. The van der Waals surface area contributed by atoms with Gasteiger partial charge in [0.1, 0.15) is 0 Å². The van der Waals surface area contributed by atoms with E-state index in [2.05, 4.69) is 27.7 Å². The van der Waals surface area contributed by atoms with Gasteiger partial charge in [-0.1, -0.05) is 68.2 Å². The van der Waals surface area contributed by atoms with E-state index in [4.69, 9.17) is 0 Å². The maximum absolute atomic E-state index is 10.8. The number of hydrogen-bond donors (Lipinski definition) is 0. The molecule has 0 heterocycles. The number of rotatable bonds is 10. The molecule has 0 saturated heterocycles. The van der Waals surface area contributed by atoms with Gasteiger partial charge in [-0.25, -0.2) is 0 Å². The fourth-order valence-corrected chi connectivity index (χ4v) is 2.06. The van der Waals surface area contributed by atoms with Gasteiger partial charge in [-0.3, -0.25) is 0 Å². The molecule has 0 aromatic rings. The molecule has 0 N–H and O–H groups in total. The SMILES string of the molecule is CCC(C)(CCC(C)C)C(=O)[O-].CCC(C)(CCC(C)C)C(=O)[O-].[Sn+2]. The van der Waals surface area contributed by atoms with Crippen LogP contribution in [0.5, 0.6) is 0 Å². The molecule has 0 aliphatic carbocycles. The van der Waals surface area contributed by atoms with Crippen molar-refractivity contribution in [2.75, 3.05) is 0 Å². The van der Waals surface area contributed by atoms with Crippen LogP contribution in [-0.4, -0.2) is 35.8 Å². The maximum atomic E-state index is 10.8. The van der Waals surface area contributed by atoms with Gasteiger partial charge in [-0.05, 0) is 37.5 Å². The number of carbonyl (C=O) groups is 2. The number of carboxylic acid groups (broad SMARTS) is 2. The predicted molar refractivity (Wildman–Crippen MR) is 101 cm³/mol. The Morgan fingerprint density at radius 1 is 0.760 bits per heavy atom. The van der Waals surface area contributed by atoms with Crippen molar-refractivity contribution in [3.63, 3.8) is 0 Å². The third kappa shape index (κ3) is 12.7. The minimum atomic E-state index is -0.911. The van der Waals surface area contributed by atoms with Gasteiger partial charge < -0.3 is 19.8 Å². The Hall–Kier alpha value is -0.261. The van der Waals surface area contributed by atoms with E-state index in [0.717, 1.165) is 25.7 Å². The molecule has 5 heteroatoms. The average molecular weight is 461 g/mol. The Morgan fingerprint density at radius 2 is 1.00 bits per heavy atom. The molecule has 2 atom stereocenters. The van der Waals surface area contributed by atoms with E-state index in [1.165, 1.54) is 0 Å². The van der Waals surface area contributed by atoms with Crippen LogP contribution in [0.25, 0.3) is 0 Å². The van der Waals surface area contributed by atoms with Crippen LogP contribution >= 0.6 is 0 Å². The van der Waals surface area contributed by atoms with Gasteiger partial charge in [0.15, 0.2) is 0 Å². The third-order valence-electron chi connectivity index (χ3n) is 5.09. The van der Waals surface area contributed by atoms with Crippen LogP contribution in [0.15, 0.2) is 0 Å². The van der Waals surface area contributed by atoms with E-state index in [-0.39, 0.29) is 23.9 Å². The van der Waals surface area contributed by atoms with Crippen molar-refractivity contribution < 1.29 is 19.8 Å². The topological polar surface area (TPSA) is 80.3 Å². The Balaban J connectivity index is -0.000000372. The van der Waals surface area contributed by atoms with Gasteiger partial charge in [0, 0.05) is 22.8 Å². The van der Waals surface area contributed by atoms with Crippen LogP contribution in [0.1, 0.15) is 93.9 Å². The molecule has 0 spiro atoms. The normalized spacial score (nSPS) is 15.4. The molecule has 0 aromatic heterocycles. The van der Waals surface area contributed by atoms with Gasteiger partial charge in [0.2, 0.25) is 0 Å². The summed E-state index contributed by atoms with van der Waals surface area (Å²) in [6.45, 7) is 15.7. The molecule has 2 unspecified atom stereocenters. The fourth-order valence-electron chi connectivity index (χ4n) is 2.06. The molecule has 0 aliphatic rings. The molecule has 0 aromatic carbocycles. The Labute approximate surface area is 172 Å². The van der Waals surface area contributed by atoms with Crippen LogP contribution in [0.3, 0.4) is 0 Å². The molecule has 4 nitrogen and oxygen atoms in total. The molecule has 0 aliphatic heterocycles. The van der Waals surface area contributed by atoms with E-state index in [0.29, 0.717) is 24.7 Å². The summed E-state index contributed by atoms with van der Waals surface area (Å²) in [6.07, 6.45) is 4.67. The maximum Gasteiger partial charge on any atom is 2.00 e. The summed E-state index contributed by atoms with van der Waals surface area (Å²) in [6, 6.07) is 0. The van der Waals surface area contributed by atoms with Crippen molar-refractivity contribution in [3.8, 4) is 0 Å². The zero-order valence-electron chi connectivity index (χ0n) is 17.5. The van der Waals surface area contributed by atoms with Crippen LogP contribution < -0.4 is 10.2 Å². The summed E-state index contributed by atoms with van der Waals surface area (Å²) in [5.74, 6) is -0.693. The monoisotopic (exact) mass is 462 g/mol. The zero-order chi connectivity index (χ0) is 19.6. The standard InChI is InChI=1S/2C10H20O2.Sn/c2*1-5-10(4,9(11)12)7-6-8(2)3;/h2*8H,5-7H2,1-4H3,(H,11,12);/q;;+2/p-2. The minimum Gasteiger partial charge on any atom is -0.550 e. The van der Waals surface area contributed by atoms with Crippen molar-refractivity contribution >= 4 is 35.8 Å². The molecule has 0 bridgehead atoms. The Morgan fingerprint density at radius 3 is 1.12 bits per heavy atom. The third-order valence-corrected chi connectivity index (χ3v) is 5.09. The molecule has 0 rings (SSSR count). The summed E-state index contributed by atoms with van der Waals surface area (Å²) in [5, 5.41) is 21.5. The van der Waals surface area contributed by atoms with Crippen LogP contribution in [0.2, 0.25) is 0 Å². The summed E-state index contributed by atoms with van der Waals surface area (Å²) in [5.41, 5.74) is -1.24. The molecule has 25 heavy (non-hydrogen) atoms. The zero-order valence-corrected chi connectivity index (χ0v) is 20.4. The fraction of sp³-hybridized carbons (Fsp3) is 0.900. The van der Waals surface area contributed by atoms with E-state index < -0.39 is 22.8 Å². The quantitative estimate of drug-likeness (QED) is 0.469. The van der Waals surface area contributed by atoms with Crippen molar-refractivity contribution in [1.82, 2.24) is 0 Å². The second-order valence-corrected chi connectivity index (χ2v) is 8.27. The Bertz CT molecular complexity index is 346. The van der Waals surface area contributed by atoms with Crippen molar-refractivity contribution in [1.29, 1.82) is 0 Å². The van der Waals surface area contributed by atoms with Gasteiger partial charge in [-0.15, -0.1) is 0 Å². The number of carbonyl (C=O) groups excluding carboxylic acids is 2. The largest absolute Gasteiger partial charge is 2.00 e. The molecule has 0 saturated carbocycles. The summed E-state index contributed by atoms with van der Waals surface area (Å²) in [7, 11) is 0. The Kier molecular flexibility index (Phi) is 16.4. The number of carboxylic acids is 2. The molecule has 146 valence electrons. The van der Waals surface area contributed by atoms with Crippen LogP contribution in [-0.2, 0) is 9.59 Å². The van der Waals surface area contributed by atoms with Gasteiger partial charge >= 0.3 is 23.9 Å². The van der Waals surface area contributed by atoms with E-state index in [1.807, 2.05) is 13.8 Å². The predicted octanol–water partition coefficient (Wildman–Crippen LogP) is 2.80. The van der Waals surface area contributed by atoms with E-state index in [1.54, 1.807) is 13.8 Å². The molecule has 2 radical (unpaired) electrons. The van der Waals surface area contributed by atoms with E-state index >= 15 is 0 Å². The first-order valence-corrected chi connectivity index (χ1v) is 9.27. The van der Waals surface area contributed by atoms with E-state index in [9.17, 15) is 19.8 Å². The second kappa shape index (κ2) is 13.9. The minimum absolute atomic E-state index is 0. The average Bonchev–Trinajstić information content (AvgIpc) is 2.50. The first-order chi connectivity index (χ1) is 10.8. The van der Waals surface area contributed by atoms with Crippen LogP contribution in [0.4, 0.5) is 0 Å². The summed E-state index contributed by atoms with van der Waals surface area (Å²) < 4.78 is 0. The number of hydrogen-bond acceptors (Lipinski definition) is 4.